The zero-order chi connectivity index (χ0) is 10.0. The number of carboxylic acid groups (broad SMARTS) is 1. The van der Waals surface area contributed by atoms with Crippen molar-refractivity contribution in [3.8, 4) is 0 Å². The predicted molar refractivity (Wildman–Crippen MR) is 41.8 cm³/mol. The molecule has 0 saturated carbocycles. The molecule has 70 valence electrons. The summed E-state index contributed by atoms with van der Waals surface area (Å²) in [6, 6.07) is 3.14. The quantitative estimate of drug-likeness (QED) is 0.650. The van der Waals surface area contributed by atoms with Crippen LogP contribution in [0.5, 0.6) is 0 Å². The third-order valence-electron chi connectivity index (χ3n) is 1.87. The first-order valence-electron chi connectivity index (χ1n) is 3.82. The summed E-state index contributed by atoms with van der Waals surface area (Å²) in [5.41, 5.74) is 4.26. The van der Waals surface area contributed by atoms with Gasteiger partial charge in [-0.3, -0.25) is 0 Å². The number of hydrogen-bond donors (Lipinski definition) is 1. The second-order valence-electron chi connectivity index (χ2n) is 2.88. The van der Waals surface area contributed by atoms with Gasteiger partial charge in [0.2, 0.25) is 0 Å². The van der Waals surface area contributed by atoms with Crippen molar-refractivity contribution in [1.82, 2.24) is 0 Å². The van der Waals surface area contributed by atoms with Crippen molar-refractivity contribution in [2.75, 3.05) is 0 Å². The monoisotopic (exact) mass is 183 g/mol. The van der Waals surface area contributed by atoms with E-state index in [0.29, 0.717) is 11.1 Å². The van der Waals surface area contributed by atoms with E-state index in [-0.39, 0.29) is 5.82 Å². The van der Waals surface area contributed by atoms with Gasteiger partial charge in [0, 0.05) is 5.56 Å². The molecule has 0 aliphatic carbocycles. The fraction of sp³-hybridized carbons (Fsp3) is 0.222. The zero-order valence-corrected chi connectivity index (χ0v) is 7.21. The first-order chi connectivity index (χ1) is 6.02. The Bertz CT molecular complexity index is 338. The molecule has 0 unspecified atom stereocenters. The molecule has 4 heteroatoms. The molecule has 1 aromatic carbocycles. The average molecular weight is 183 g/mol. The fourth-order valence-corrected chi connectivity index (χ4v) is 1.02. The molecule has 0 spiro atoms. The highest BCUT2D eigenvalue weighted by atomic mass is 19.1. The van der Waals surface area contributed by atoms with Gasteiger partial charge in [-0.1, -0.05) is 0 Å². The van der Waals surface area contributed by atoms with Crippen LogP contribution >= 0.6 is 0 Å². The van der Waals surface area contributed by atoms with Crippen molar-refractivity contribution in [2.45, 2.75) is 13.0 Å². The molecule has 0 aromatic heterocycles. The number of quaternary nitrogens is 1. The van der Waals surface area contributed by atoms with E-state index in [9.17, 15) is 14.3 Å². The van der Waals surface area contributed by atoms with E-state index in [1.54, 1.807) is 6.92 Å². The normalized spacial score (nSPS) is 12.5. The molecule has 0 fully saturated rings. The maximum atomic E-state index is 12.8. The lowest BCUT2D eigenvalue weighted by molar-refractivity contribution is -0.443. The van der Waals surface area contributed by atoms with E-state index >= 15 is 0 Å². The Hall–Kier alpha value is -1.42. The van der Waals surface area contributed by atoms with Crippen LogP contribution in [-0.4, -0.2) is 5.97 Å². The van der Waals surface area contributed by atoms with Crippen LogP contribution in [0.25, 0.3) is 0 Å². The molecule has 0 aliphatic heterocycles. The Morgan fingerprint density at radius 3 is 2.69 bits per heavy atom. The first kappa shape index (κ1) is 9.67. The molecule has 0 saturated heterocycles. The second kappa shape index (κ2) is 3.53. The van der Waals surface area contributed by atoms with Crippen LogP contribution in [0, 0.1) is 12.7 Å². The van der Waals surface area contributed by atoms with Crippen LogP contribution in [0.4, 0.5) is 4.39 Å². The maximum absolute atomic E-state index is 12.8. The van der Waals surface area contributed by atoms with Gasteiger partial charge in [-0.25, -0.2) is 4.39 Å². The molecular formula is C9H10FNO2. The van der Waals surface area contributed by atoms with Crippen LogP contribution < -0.4 is 10.8 Å². The van der Waals surface area contributed by atoms with Gasteiger partial charge < -0.3 is 15.6 Å². The topological polar surface area (TPSA) is 67.8 Å². The number of halogens is 1. The molecule has 0 heterocycles. The molecule has 0 radical (unpaired) electrons. The van der Waals surface area contributed by atoms with E-state index in [1.165, 1.54) is 18.2 Å². The molecule has 3 N–H and O–H groups in total. The Labute approximate surface area is 75.0 Å². The van der Waals surface area contributed by atoms with E-state index in [1.807, 2.05) is 0 Å². The number of aryl methyl sites for hydroxylation is 1. The minimum absolute atomic E-state index is 0.353. The summed E-state index contributed by atoms with van der Waals surface area (Å²) in [6.45, 7) is 1.57. The summed E-state index contributed by atoms with van der Waals surface area (Å²) in [7, 11) is 0. The standard InChI is InChI=1S/C9H10FNO2/c1-5-4-6(2-3-7(5)10)8(11)9(12)13/h2-4,8H,11H2,1H3,(H,12,13)/t8-/m1/s1. The fourth-order valence-electron chi connectivity index (χ4n) is 1.02. The van der Waals surface area contributed by atoms with Gasteiger partial charge >= 0.3 is 0 Å². The van der Waals surface area contributed by atoms with Crippen molar-refractivity contribution in [3.63, 3.8) is 0 Å². The minimum Gasteiger partial charge on any atom is -0.544 e. The molecule has 13 heavy (non-hydrogen) atoms. The van der Waals surface area contributed by atoms with Gasteiger partial charge in [-0.2, -0.15) is 0 Å². The van der Waals surface area contributed by atoms with Crippen molar-refractivity contribution in [3.05, 3.63) is 35.1 Å². The Morgan fingerprint density at radius 1 is 1.62 bits per heavy atom. The SMILES string of the molecule is Cc1cc([C@@H]([NH3+])C(=O)[O-])ccc1F. The number of carbonyl (C=O) groups is 1. The summed E-state index contributed by atoms with van der Waals surface area (Å²) in [6.07, 6.45) is 0. The van der Waals surface area contributed by atoms with E-state index in [2.05, 4.69) is 5.73 Å². The lowest BCUT2D eigenvalue weighted by Gasteiger charge is -2.10. The van der Waals surface area contributed by atoms with Crippen molar-refractivity contribution < 1.29 is 20.0 Å². The van der Waals surface area contributed by atoms with Gasteiger partial charge in [-0.15, -0.1) is 0 Å². The Balaban J connectivity index is 3.03. The van der Waals surface area contributed by atoms with Crippen LogP contribution in [0.3, 0.4) is 0 Å². The summed E-state index contributed by atoms with van der Waals surface area (Å²) >= 11 is 0. The summed E-state index contributed by atoms with van der Waals surface area (Å²) in [4.78, 5) is 10.4. The second-order valence-corrected chi connectivity index (χ2v) is 2.88. The summed E-state index contributed by atoms with van der Waals surface area (Å²) in [5.74, 6) is -1.61. The minimum atomic E-state index is -1.26. The summed E-state index contributed by atoms with van der Waals surface area (Å²) in [5, 5.41) is 10.4. The lowest BCUT2D eigenvalue weighted by atomic mass is 10.1. The van der Waals surface area contributed by atoms with Gasteiger partial charge in [0.05, 0.1) is 0 Å². The van der Waals surface area contributed by atoms with Crippen molar-refractivity contribution in [2.24, 2.45) is 0 Å². The lowest BCUT2D eigenvalue weighted by Crippen LogP contribution is -2.61. The number of rotatable bonds is 2. The maximum Gasteiger partial charge on any atom is 0.150 e. The Kier molecular flexibility index (Phi) is 2.63. The number of aliphatic carboxylic acids is 1. The first-order valence-corrected chi connectivity index (χ1v) is 3.82. The van der Waals surface area contributed by atoms with E-state index in [4.69, 9.17) is 0 Å². The molecule has 1 aromatic rings. The number of carbonyl (C=O) groups excluding carboxylic acids is 1. The zero-order valence-electron chi connectivity index (χ0n) is 7.21. The van der Waals surface area contributed by atoms with Gasteiger partial charge in [0.1, 0.15) is 11.8 Å². The molecule has 1 rings (SSSR count). The van der Waals surface area contributed by atoms with Gasteiger partial charge in [0.15, 0.2) is 6.04 Å². The van der Waals surface area contributed by atoms with Crippen LogP contribution in [0.15, 0.2) is 18.2 Å². The smallest absolute Gasteiger partial charge is 0.150 e. The third-order valence-corrected chi connectivity index (χ3v) is 1.87. The largest absolute Gasteiger partial charge is 0.544 e. The number of benzene rings is 1. The molecular weight excluding hydrogens is 173 g/mol. The highest BCUT2D eigenvalue weighted by Crippen LogP contribution is 2.13. The van der Waals surface area contributed by atoms with E-state index < -0.39 is 12.0 Å². The van der Waals surface area contributed by atoms with Crippen molar-refractivity contribution in [1.29, 1.82) is 0 Å². The molecule has 3 nitrogen and oxygen atoms in total. The highest BCUT2D eigenvalue weighted by molar-refractivity contribution is 5.71. The van der Waals surface area contributed by atoms with E-state index in [0.717, 1.165) is 0 Å². The predicted octanol–water partition coefficient (Wildman–Crippen LogP) is -0.833. The van der Waals surface area contributed by atoms with Crippen LogP contribution in [0.1, 0.15) is 17.2 Å². The molecule has 0 amide bonds. The Morgan fingerprint density at radius 2 is 2.23 bits per heavy atom. The van der Waals surface area contributed by atoms with Gasteiger partial charge in [0.25, 0.3) is 0 Å². The van der Waals surface area contributed by atoms with Crippen LogP contribution in [0.2, 0.25) is 0 Å². The third kappa shape index (κ3) is 2.03. The van der Waals surface area contributed by atoms with Crippen molar-refractivity contribution >= 4 is 5.97 Å². The molecule has 1 atom stereocenters. The summed E-state index contributed by atoms with van der Waals surface area (Å²) < 4.78 is 12.8. The average Bonchev–Trinajstić information content (AvgIpc) is 2.08. The highest BCUT2D eigenvalue weighted by Gasteiger charge is 2.11. The molecule has 0 bridgehead atoms. The van der Waals surface area contributed by atoms with Crippen LogP contribution in [-0.2, 0) is 4.79 Å². The number of hydrogen-bond acceptors (Lipinski definition) is 2. The number of carboxylic acids is 1. The molecule has 0 aliphatic rings. The van der Waals surface area contributed by atoms with Gasteiger partial charge in [-0.05, 0) is 30.7 Å².